The summed E-state index contributed by atoms with van der Waals surface area (Å²) in [6.45, 7) is 9.25. The molecule has 0 unspecified atom stereocenters. The molecule has 0 radical (unpaired) electrons. The molecule has 0 amide bonds. The predicted molar refractivity (Wildman–Crippen MR) is 52.4 cm³/mol. The maximum Gasteiger partial charge on any atom is 0.157 e. The molecule has 0 aromatic carbocycles. The molecule has 0 fully saturated rings. The summed E-state index contributed by atoms with van der Waals surface area (Å²) in [5, 5.41) is 9.37. The fraction of sp³-hybridized carbons (Fsp3) is 0.700. The Bertz CT molecular complexity index is 277. The second kappa shape index (κ2) is 2.66. The van der Waals surface area contributed by atoms with Crippen LogP contribution in [0.1, 0.15) is 34.6 Å². The van der Waals surface area contributed by atoms with E-state index in [1.54, 1.807) is 6.92 Å². The van der Waals surface area contributed by atoms with E-state index in [4.69, 9.17) is 5.21 Å². The molecule has 2 N–H and O–H groups in total. The fourth-order valence-electron chi connectivity index (χ4n) is 1.97. The van der Waals surface area contributed by atoms with E-state index in [2.05, 4.69) is 0 Å². The predicted octanol–water partition coefficient (Wildman–Crippen LogP) is 1.01. The average molecular weight is 184 g/mol. The standard InChI is InChI=1S/C10H17NO2/c1-7(12)8-6-9(2,3)11(13)10(8,4)5/h6,13H,1-5H3/p+1. The van der Waals surface area contributed by atoms with Crippen molar-refractivity contribution in [1.82, 2.24) is 5.06 Å². The third kappa shape index (κ3) is 1.42. The van der Waals surface area contributed by atoms with Crippen LogP contribution in [0.4, 0.5) is 0 Å². The lowest BCUT2D eigenvalue weighted by atomic mass is 9.94. The van der Waals surface area contributed by atoms with E-state index < -0.39 is 5.54 Å². The van der Waals surface area contributed by atoms with Crippen LogP contribution in [-0.2, 0) is 4.79 Å². The number of hydrogen-bond donors (Lipinski definition) is 0. The molecule has 3 nitrogen and oxygen atoms in total. The van der Waals surface area contributed by atoms with Crippen molar-refractivity contribution < 1.29 is 10.0 Å². The van der Waals surface area contributed by atoms with E-state index in [0.29, 0.717) is 0 Å². The first-order valence-electron chi connectivity index (χ1n) is 4.45. The van der Waals surface area contributed by atoms with Gasteiger partial charge >= 0.3 is 0 Å². The highest BCUT2D eigenvalue weighted by molar-refractivity contribution is 5.96. The summed E-state index contributed by atoms with van der Waals surface area (Å²) < 4.78 is 0. The van der Waals surface area contributed by atoms with Gasteiger partial charge in [-0.3, -0.25) is 4.79 Å². The molecule has 0 saturated heterocycles. The highest BCUT2D eigenvalue weighted by Gasteiger charge is 2.50. The summed E-state index contributed by atoms with van der Waals surface area (Å²) in [6, 6.07) is 0. The normalized spacial score (nSPS) is 25.8. The molecule has 0 bridgehead atoms. The first kappa shape index (κ1) is 10.4. The minimum atomic E-state index is -0.463. The van der Waals surface area contributed by atoms with Crippen molar-refractivity contribution in [2.45, 2.75) is 45.7 Å². The minimum Gasteiger partial charge on any atom is -0.337 e. The van der Waals surface area contributed by atoms with Gasteiger partial charge in [0.1, 0.15) is 11.1 Å². The van der Waals surface area contributed by atoms with Crippen LogP contribution in [0.5, 0.6) is 0 Å². The van der Waals surface area contributed by atoms with Gasteiger partial charge in [-0.2, -0.15) is 0 Å². The molecule has 1 rings (SSSR count). The van der Waals surface area contributed by atoms with E-state index in [0.717, 1.165) is 5.57 Å². The van der Waals surface area contributed by atoms with Gasteiger partial charge in [0.25, 0.3) is 0 Å². The Morgan fingerprint density at radius 3 is 2.00 bits per heavy atom. The van der Waals surface area contributed by atoms with Crippen molar-refractivity contribution in [1.29, 1.82) is 0 Å². The maximum absolute atomic E-state index is 11.3. The van der Waals surface area contributed by atoms with E-state index in [1.165, 1.54) is 5.06 Å². The Morgan fingerprint density at radius 1 is 1.38 bits per heavy atom. The second-order valence-corrected chi connectivity index (χ2v) is 4.66. The second-order valence-electron chi connectivity index (χ2n) is 4.66. The molecule has 3 heteroatoms. The lowest BCUT2D eigenvalue weighted by Gasteiger charge is -2.30. The van der Waals surface area contributed by atoms with Crippen LogP contribution < -0.4 is 0 Å². The van der Waals surface area contributed by atoms with Crippen LogP contribution in [0, 0.1) is 0 Å². The van der Waals surface area contributed by atoms with Crippen LogP contribution in [-0.4, -0.2) is 27.1 Å². The van der Waals surface area contributed by atoms with Crippen LogP contribution in [0.25, 0.3) is 0 Å². The maximum atomic E-state index is 11.3. The molecule has 0 aromatic heterocycles. The zero-order chi connectivity index (χ0) is 10.4. The minimum absolute atomic E-state index is 0.0628. The van der Waals surface area contributed by atoms with Crippen molar-refractivity contribution in [3.63, 3.8) is 0 Å². The van der Waals surface area contributed by atoms with Crippen LogP contribution in [0.15, 0.2) is 11.6 Å². The van der Waals surface area contributed by atoms with Gasteiger partial charge in [0, 0.05) is 5.57 Å². The zero-order valence-corrected chi connectivity index (χ0v) is 8.93. The number of Topliss-reactive ketones (excluding diaryl/α,β-unsaturated/α-hetero) is 1. The van der Waals surface area contributed by atoms with Crippen molar-refractivity contribution >= 4 is 5.78 Å². The molecular weight excluding hydrogens is 166 g/mol. The summed E-state index contributed by atoms with van der Waals surface area (Å²) in [6.07, 6.45) is 1.89. The first-order valence-corrected chi connectivity index (χ1v) is 4.45. The highest BCUT2D eigenvalue weighted by atomic mass is 16.5. The van der Waals surface area contributed by atoms with Crippen molar-refractivity contribution in [3.8, 4) is 0 Å². The molecule has 13 heavy (non-hydrogen) atoms. The van der Waals surface area contributed by atoms with E-state index in [9.17, 15) is 4.79 Å². The van der Waals surface area contributed by atoms with Crippen molar-refractivity contribution in [2.75, 3.05) is 0 Å². The summed E-state index contributed by atoms with van der Waals surface area (Å²) in [5.41, 5.74) is -0.0627. The molecule has 0 saturated carbocycles. The summed E-state index contributed by atoms with van der Waals surface area (Å²) in [5.74, 6) is 0.0628. The van der Waals surface area contributed by atoms with Crippen LogP contribution in [0.2, 0.25) is 0 Å². The van der Waals surface area contributed by atoms with E-state index >= 15 is 0 Å². The molecule has 74 valence electrons. The number of hydrogen-bond acceptors (Lipinski definition) is 2. The summed E-state index contributed by atoms with van der Waals surface area (Å²) in [4.78, 5) is 11.3. The smallest absolute Gasteiger partial charge is 0.157 e. The van der Waals surface area contributed by atoms with Crippen molar-refractivity contribution in [2.24, 2.45) is 0 Å². The van der Waals surface area contributed by atoms with Gasteiger partial charge in [-0.05, 0) is 40.7 Å². The molecule has 0 aromatic rings. The number of ketones is 1. The van der Waals surface area contributed by atoms with Gasteiger partial charge in [0.2, 0.25) is 0 Å². The number of hydroxylamine groups is 2. The quantitative estimate of drug-likeness (QED) is 0.571. The molecule has 0 spiro atoms. The van der Waals surface area contributed by atoms with Gasteiger partial charge in [0.15, 0.2) is 5.78 Å². The van der Waals surface area contributed by atoms with Gasteiger partial charge in [-0.1, -0.05) is 5.06 Å². The SMILES string of the molecule is CC(=O)C1=CC(C)(C)N([OH2+])C1(C)C. The molecule has 1 aliphatic rings. The number of rotatable bonds is 1. The van der Waals surface area contributed by atoms with Gasteiger partial charge < -0.3 is 5.21 Å². The van der Waals surface area contributed by atoms with E-state index in [1.807, 2.05) is 33.8 Å². The fourth-order valence-corrected chi connectivity index (χ4v) is 1.97. The van der Waals surface area contributed by atoms with Crippen LogP contribution in [0.3, 0.4) is 0 Å². The molecule has 0 atom stereocenters. The molecule has 1 heterocycles. The summed E-state index contributed by atoms with van der Waals surface area (Å²) >= 11 is 0. The lowest BCUT2D eigenvalue weighted by Crippen LogP contribution is -2.48. The first-order chi connectivity index (χ1) is 5.69. The third-order valence-electron chi connectivity index (χ3n) is 2.67. The van der Waals surface area contributed by atoms with Gasteiger partial charge in [0.05, 0.1) is 0 Å². The molecule has 1 aliphatic heterocycles. The molecular formula is C10H18NO2+. The Morgan fingerprint density at radius 2 is 1.85 bits per heavy atom. The average Bonchev–Trinajstić information content (AvgIpc) is 2.11. The zero-order valence-electron chi connectivity index (χ0n) is 8.93. The number of nitrogens with zero attached hydrogens (tertiary/aromatic N) is 1. The topological polar surface area (TPSA) is 43.2 Å². The third-order valence-corrected chi connectivity index (χ3v) is 2.67. The molecule has 0 aliphatic carbocycles. The Kier molecular flexibility index (Phi) is 2.13. The highest BCUT2D eigenvalue weighted by Crippen LogP contribution is 2.38. The number of carbonyl (C=O) groups excluding carboxylic acids is 1. The van der Waals surface area contributed by atoms with E-state index in [-0.39, 0.29) is 11.3 Å². The Hall–Kier alpha value is -0.670. The van der Waals surface area contributed by atoms with Gasteiger partial charge in [-0.15, -0.1) is 0 Å². The van der Waals surface area contributed by atoms with Crippen LogP contribution >= 0.6 is 0 Å². The lowest BCUT2D eigenvalue weighted by molar-refractivity contribution is -0.185. The Labute approximate surface area is 79.0 Å². The monoisotopic (exact) mass is 184 g/mol. The Balaban J connectivity index is 3.17. The number of carbonyl (C=O) groups is 1. The summed E-state index contributed by atoms with van der Waals surface area (Å²) in [7, 11) is 0. The largest absolute Gasteiger partial charge is 0.337 e. The van der Waals surface area contributed by atoms with Gasteiger partial charge in [-0.25, -0.2) is 0 Å². The van der Waals surface area contributed by atoms with Crippen molar-refractivity contribution in [3.05, 3.63) is 11.6 Å².